The molecule has 130 valence electrons. The van der Waals surface area contributed by atoms with Gasteiger partial charge in [0.2, 0.25) is 5.88 Å². The lowest BCUT2D eigenvalue weighted by atomic mass is 10.2. The number of hydrogen-bond donors (Lipinski definition) is 1. The molecule has 1 aliphatic rings. The summed E-state index contributed by atoms with van der Waals surface area (Å²) in [6.45, 7) is 2.50. The van der Waals surface area contributed by atoms with Crippen LogP contribution in [0.3, 0.4) is 0 Å². The highest BCUT2D eigenvalue weighted by atomic mass is 16.5. The molecule has 3 heterocycles. The molecule has 0 unspecified atom stereocenters. The van der Waals surface area contributed by atoms with Crippen LogP contribution in [0.15, 0.2) is 30.7 Å². The zero-order chi connectivity index (χ0) is 17.4. The topological polar surface area (TPSA) is 77.9 Å². The number of pyridine rings is 1. The Morgan fingerprint density at radius 2 is 2.12 bits per heavy atom. The highest BCUT2D eigenvalue weighted by Gasteiger charge is 2.40. The van der Waals surface area contributed by atoms with E-state index in [1.807, 2.05) is 37.0 Å². The molecule has 3 aromatic rings. The Kier molecular flexibility index (Phi) is 3.91. The van der Waals surface area contributed by atoms with Crippen molar-refractivity contribution in [1.29, 1.82) is 0 Å². The van der Waals surface area contributed by atoms with Crippen molar-refractivity contribution in [2.24, 2.45) is 13.0 Å². The molecule has 4 rings (SSSR count). The number of aromatic nitrogens is 5. The lowest BCUT2D eigenvalue weighted by Crippen LogP contribution is -2.09. The molecule has 0 aliphatic heterocycles. The second kappa shape index (κ2) is 6.23. The van der Waals surface area contributed by atoms with E-state index >= 15 is 0 Å². The van der Waals surface area contributed by atoms with Crippen LogP contribution in [0, 0.1) is 12.8 Å². The molecule has 0 saturated heterocycles. The standard InChI is InChI=1S/C18H21N5O2/c1-11-19-8-15(17-9-23(2)22-17)18(21-11)25-10-12-6-14(12)16-5-4-13(24-3)7-20-16/h4-5,7-9,12,14,22H,6,10H2,1-3H3/t12-,14+/m1/s1. The van der Waals surface area contributed by atoms with Gasteiger partial charge in [-0.2, -0.15) is 4.98 Å². The molecule has 7 heteroatoms. The van der Waals surface area contributed by atoms with Crippen LogP contribution < -0.4 is 9.47 Å². The minimum Gasteiger partial charge on any atom is -0.495 e. The molecular formula is C18H21N5O2. The number of ether oxygens (including phenoxy) is 2. The summed E-state index contributed by atoms with van der Waals surface area (Å²) < 4.78 is 13.1. The van der Waals surface area contributed by atoms with E-state index < -0.39 is 0 Å². The maximum Gasteiger partial charge on any atom is 0.226 e. The molecule has 2 atom stereocenters. The summed E-state index contributed by atoms with van der Waals surface area (Å²) in [4.78, 5) is 13.2. The van der Waals surface area contributed by atoms with Crippen molar-refractivity contribution in [3.8, 4) is 22.9 Å². The summed E-state index contributed by atoms with van der Waals surface area (Å²) >= 11 is 0. The van der Waals surface area contributed by atoms with Crippen molar-refractivity contribution in [3.63, 3.8) is 0 Å². The monoisotopic (exact) mass is 339 g/mol. The fraction of sp³-hybridized carbons (Fsp3) is 0.389. The normalized spacial score (nSPS) is 19.0. The molecule has 7 nitrogen and oxygen atoms in total. The third kappa shape index (κ3) is 3.22. The Hall–Kier alpha value is -2.83. The van der Waals surface area contributed by atoms with E-state index in [-0.39, 0.29) is 0 Å². The van der Waals surface area contributed by atoms with Gasteiger partial charge in [0, 0.05) is 37.0 Å². The number of aryl methyl sites for hydroxylation is 2. The molecule has 1 N–H and O–H groups in total. The SMILES string of the molecule is COc1ccc([C@H]2C[C@@H]2COc2nc(C)ncc2-c2cn(C)[nH]2)nc1. The van der Waals surface area contributed by atoms with Crippen molar-refractivity contribution in [1.82, 2.24) is 24.7 Å². The van der Waals surface area contributed by atoms with E-state index in [9.17, 15) is 0 Å². The van der Waals surface area contributed by atoms with Crippen LogP contribution in [-0.2, 0) is 7.05 Å². The predicted octanol–water partition coefficient (Wildman–Crippen LogP) is 2.70. The minimum absolute atomic E-state index is 0.449. The van der Waals surface area contributed by atoms with Crippen LogP contribution in [0.5, 0.6) is 11.6 Å². The van der Waals surface area contributed by atoms with Gasteiger partial charge in [0.1, 0.15) is 11.6 Å². The van der Waals surface area contributed by atoms with E-state index in [0.29, 0.717) is 30.1 Å². The smallest absolute Gasteiger partial charge is 0.226 e. The Balaban J connectivity index is 1.42. The number of nitrogens with one attached hydrogen (secondary N) is 1. The Morgan fingerprint density at radius 1 is 1.28 bits per heavy atom. The van der Waals surface area contributed by atoms with Gasteiger partial charge in [-0.1, -0.05) is 0 Å². The van der Waals surface area contributed by atoms with E-state index in [4.69, 9.17) is 9.47 Å². The van der Waals surface area contributed by atoms with Crippen molar-refractivity contribution in [3.05, 3.63) is 42.2 Å². The van der Waals surface area contributed by atoms with Gasteiger partial charge in [0.25, 0.3) is 0 Å². The summed E-state index contributed by atoms with van der Waals surface area (Å²) in [6, 6.07) is 3.98. The first kappa shape index (κ1) is 15.7. The minimum atomic E-state index is 0.449. The number of nitrogens with zero attached hydrogens (tertiary/aromatic N) is 4. The van der Waals surface area contributed by atoms with Crippen molar-refractivity contribution in [2.45, 2.75) is 19.3 Å². The average Bonchev–Trinajstić information content (AvgIpc) is 3.37. The molecule has 3 aromatic heterocycles. The van der Waals surface area contributed by atoms with Crippen LogP contribution in [0.1, 0.15) is 23.9 Å². The molecule has 0 spiro atoms. The zero-order valence-corrected chi connectivity index (χ0v) is 14.6. The number of aromatic amines is 1. The highest BCUT2D eigenvalue weighted by Crippen LogP contribution is 2.47. The average molecular weight is 339 g/mol. The van der Waals surface area contributed by atoms with Gasteiger partial charge in [-0.05, 0) is 25.5 Å². The van der Waals surface area contributed by atoms with E-state index in [1.54, 1.807) is 19.5 Å². The van der Waals surface area contributed by atoms with E-state index in [1.165, 1.54) is 0 Å². The molecule has 1 saturated carbocycles. The van der Waals surface area contributed by atoms with Gasteiger partial charge in [0.05, 0.1) is 31.2 Å². The third-order valence-electron chi connectivity index (χ3n) is 4.52. The van der Waals surface area contributed by atoms with Crippen LogP contribution in [0.4, 0.5) is 0 Å². The van der Waals surface area contributed by atoms with Gasteiger partial charge in [0.15, 0.2) is 0 Å². The van der Waals surface area contributed by atoms with Gasteiger partial charge in [-0.3, -0.25) is 14.8 Å². The first-order valence-corrected chi connectivity index (χ1v) is 8.32. The van der Waals surface area contributed by atoms with Crippen molar-refractivity contribution in [2.75, 3.05) is 13.7 Å². The Bertz CT molecular complexity index is 856. The van der Waals surface area contributed by atoms with E-state index in [0.717, 1.165) is 29.1 Å². The summed E-state index contributed by atoms with van der Waals surface area (Å²) in [5.74, 6) is 3.04. The summed E-state index contributed by atoms with van der Waals surface area (Å²) in [7, 11) is 3.59. The molecule has 0 amide bonds. The maximum atomic E-state index is 6.03. The predicted molar refractivity (Wildman–Crippen MR) is 92.7 cm³/mol. The third-order valence-corrected chi connectivity index (χ3v) is 4.52. The molecule has 25 heavy (non-hydrogen) atoms. The molecule has 0 radical (unpaired) electrons. The lowest BCUT2D eigenvalue weighted by molar-refractivity contribution is 0.285. The first-order chi connectivity index (χ1) is 12.1. The second-order valence-corrected chi connectivity index (χ2v) is 6.44. The molecule has 1 aliphatic carbocycles. The van der Waals surface area contributed by atoms with Crippen LogP contribution >= 0.6 is 0 Å². The van der Waals surface area contributed by atoms with Gasteiger partial charge in [-0.15, -0.1) is 0 Å². The van der Waals surface area contributed by atoms with Gasteiger partial charge in [-0.25, -0.2) is 4.98 Å². The Labute approximate surface area is 146 Å². The maximum absolute atomic E-state index is 6.03. The van der Waals surface area contributed by atoms with Crippen LogP contribution in [-0.4, -0.2) is 38.4 Å². The number of methoxy groups -OCH3 is 1. The first-order valence-electron chi connectivity index (χ1n) is 8.32. The quantitative estimate of drug-likeness (QED) is 0.747. The fourth-order valence-electron chi connectivity index (χ4n) is 2.96. The lowest BCUT2D eigenvalue weighted by Gasteiger charge is -2.15. The summed E-state index contributed by atoms with van der Waals surface area (Å²) in [6.07, 6.45) is 6.64. The second-order valence-electron chi connectivity index (χ2n) is 6.44. The zero-order valence-electron chi connectivity index (χ0n) is 14.6. The number of hydrogen-bond acceptors (Lipinski definition) is 5. The van der Waals surface area contributed by atoms with Crippen LogP contribution in [0.25, 0.3) is 11.3 Å². The molecule has 1 fully saturated rings. The van der Waals surface area contributed by atoms with Crippen molar-refractivity contribution >= 4 is 0 Å². The molecule has 0 bridgehead atoms. The Morgan fingerprint density at radius 3 is 2.80 bits per heavy atom. The van der Waals surface area contributed by atoms with Crippen LogP contribution in [0.2, 0.25) is 0 Å². The fourth-order valence-corrected chi connectivity index (χ4v) is 2.96. The largest absolute Gasteiger partial charge is 0.495 e. The van der Waals surface area contributed by atoms with Gasteiger partial charge >= 0.3 is 0 Å². The highest BCUT2D eigenvalue weighted by molar-refractivity contribution is 5.63. The van der Waals surface area contributed by atoms with E-state index in [2.05, 4.69) is 20.1 Å². The van der Waals surface area contributed by atoms with Gasteiger partial charge < -0.3 is 9.47 Å². The number of rotatable bonds is 6. The molecule has 0 aromatic carbocycles. The summed E-state index contributed by atoms with van der Waals surface area (Å²) in [5, 5.41) is 3.18. The number of H-pyrrole nitrogens is 1. The molecular weight excluding hydrogens is 318 g/mol. The summed E-state index contributed by atoms with van der Waals surface area (Å²) in [5.41, 5.74) is 2.96. The van der Waals surface area contributed by atoms with Crippen molar-refractivity contribution < 1.29 is 9.47 Å².